The molecule has 0 aliphatic heterocycles. The molecule has 4 nitrogen and oxygen atoms in total. The summed E-state index contributed by atoms with van der Waals surface area (Å²) < 4.78 is 10.5. The van der Waals surface area contributed by atoms with Gasteiger partial charge in [-0.15, -0.1) is 0 Å². The molecule has 1 atom stereocenters. The molecule has 1 fully saturated rings. The van der Waals surface area contributed by atoms with E-state index in [1.54, 1.807) is 14.2 Å². The van der Waals surface area contributed by atoms with Crippen molar-refractivity contribution in [2.75, 3.05) is 27.3 Å². The van der Waals surface area contributed by atoms with Crippen molar-refractivity contribution in [1.82, 2.24) is 5.32 Å². The van der Waals surface area contributed by atoms with Gasteiger partial charge in [-0.3, -0.25) is 0 Å². The minimum atomic E-state index is -0.590. The number of hydrogen-bond donors (Lipinski definition) is 2. The fraction of sp³-hybridized carbons (Fsp3) is 0.600. The zero-order valence-corrected chi connectivity index (χ0v) is 11.9. The van der Waals surface area contributed by atoms with E-state index in [0.717, 1.165) is 17.9 Å². The average Bonchev–Trinajstić information content (AvgIpc) is 3.15. The summed E-state index contributed by atoms with van der Waals surface area (Å²) >= 11 is 0. The first kappa shape index (κ1) is 14.2. The van der Waals surface area contributed by atoms with Crippen LogP contribution >= 0.6 is 0 Å². The van der Waals surface area contributed by atoms with Crippen LogP contribution in [-0.4, -0.2) is 32.4 Å². The summed E-state index contributed by atoms with van der Waals surface area (Å²) in [4.78, 5) is 0. The van der Waals surface area contributed by atoms with Gasteiger partial charge in [0, 0.05) is 18.7 Å². The van der Waals surface area contributed by atoms with Crippen LogP contribution < -0.4 is 14.8 Å². The Morgan fingerprint density at radius 3 is 2.63 bits per heavy atom. The molecule has 0 radical (unpaired) electrons. The van der Waals surface area contributed by atoms with Gasteiger partial charge >= 0.3 is 0 Å². The molecule has 106 valence electrons. The number of aliphatic hydroxyl groups excluding tert-OH is 1. The molecule has 0 aromatic heterocycles. The molecule has 2 N–H and O–H groups in total. The van der Waals surface area contributed by atoms with E-state index in [-0.39, 0.29) is 0 Å². The lowest BCUT2D eigenvalue weighted by Crippen LogP contribution is -2.27. The molecule has 1 saturated carbocycles. The Balaban J connectivity index is 1.97. The third kappa shape index (κ3) is 3.61. The number of nitrogens with one attached hydrogen (secondary N) is 1. The van der Waals surface area contributed by atoms with E-state index in [1.165, 1.54) is 12.8 Å². The van der Waals surface area contributed by atoms with Gasteiger partial charge < -0.3 is 19.9 Å². The van der Waals surface area contributed by atoms with Gasteiger partial charge in [0.2, 0.25) is 0 Å². The third-order valence-corrected chi connectivity index (χ3v) is 3.79. The zero-order valence-electron chi connectivity index (χ0n) is 11.9. The first-order chi connectivity index (χ1) is 9.08. The molecule has 0 bridgehead atoms. The Bertz CT molecular complexity index is 429. The summed E-state index contributed by atoms with van der Waals surface area (Å²) in [6, 6.07) is 5.47. The van der Waals surface area contributed by atoms with Crippen molar-refractivity contribution in [2.45, 2.75) is 25.9 Å². The molecular formula is C15H23NO3. The smallest absolute Gasteiger partial charge is 0.124 e. The first-order valence-electron chi connectivity index (χ1n) is 6.69. The molecule has 2 rings (SSSR count). The minimum absolute atomic E-state index is 0.443. The molecule has 1 unspecified atom stereocenters. The molecule has 0 saturated heterocycles. The number of ether oxygens (including phenoxy) is 2. The molecule has 4 heteroatoms. The highest BCUT2D eigenvalue weighted by molar-refractivity contribution is 5.41. The van der Waals surface area contributed by atoms with Gasteiger partial charge in [-0.05, 0) is 36.5 Å². The van der Waals surface area contributed by atoms with E-state index < -0.39 is 6.10 Å². The summed E-state index contributed by atoms with van der Waals surface area (Å²) in [5.41, 5.74) is 1.20. The topological polar surface area (TPSA) is 50.7 Å². The quantitative estimate of drug-likeness (QED) is 0.793. The maximum absolute atomic E-state index is 10.3. The predicted molar refractivity (Wildman–Crippen MR) is 74.7 cm³/mol. The third-order valence-electron chi connectivity index (χ3n) is 3.79. The lowest BCUT2D eigenvalue weighted by molar-refractivity contribution is 0.168. The van der Waals surface area contributed by atoms with Crippen LogP contribution in [0.1, 0.15) is 31.4 Å². The highest BCUT2D eigenvalue weighted by atomic mass is 16.5. The van der Waals surface area contributed by atoms with Gasteiger partial charge in [-0.2, -0.15) is 0 Å². The van der Waals surface area contributed by atoms with Crippen LogP contribution in [-0.2, 0) is 0 Å². The van der Waals surface area contributed by atoms with Gasteiger partial charge in [-0.25, -0.2) is 0 Å². The largest absolute Gasteiger partial charge is 0.497 e. The number of hydrogen-bond acceptors (Lipinski definition) is 4. The maximum atomic E-state index is 10.3. The fourth-order valence-corrected chi connectivity index (χ4v) is 2.11. The van der Waals surface area contributed by atoms with Crippen molar-refractivity contribution in [1.29, 1.82) is 0 Å². The number of methoxy groups -OCH3 is 2. The summed E-state index contributed by atoms with van der Waals surface area (Å²) in [7, 11) is 3.22. The van der Waals surface area contributed by atoms with E-state index >= 15 is 0 Å². The normalized spacial score (nSPS) is 17.9. The van der Waals surface area contributed by atoms with Crippen LogP contribution in [0.5, 0.6) is 11.5 Å². The fourth-order valence-electron chi connectivity index (χ4n) is 2.11. The second kappa shape index (κ2) is 5.80. The van der Waals surface area contributed by atoms with Gasteiger partial charge in [0.15, 0.2) is 0 Å². The first-order valence-corrected chi connectivity index (χ1v) is 6.69. The van der Waals surface area contributed by atoms with Crippen LogP contribution in [0.3, 0.4) is 0 Å². The standard InChI is InChI=1S/C15H23NO3/c1-15(6-7-15)10-16-9-13(17)12-8-11(18-2)4-5-14(12)19-3/h4-5,8,13,16-17H,6-7,9-10H2,1-3H3. The van der Waals surface area contributed by atoms with Crippen molar-refractivity contribution in [2.24, 2.45) is 5.41 Å². The highest BCUT2D eigenvalue weighted by Gasteiger charge is 2.36. The van der Waals surface area contributed by atoms with Crippen LogP contribution in [0.15, 0.2) is 18.2 Å². The molecular weight excluding hydrogens is 242 g/mol. The molecule has 1 aromatic carbocycles. The minimum Gasteiger partial charge on any atom is -0.497 e. The Labute approximate surface area is 114 Å². The predicted octanol–water partition coefficient (Wildman–Crippen LogP) is 2.13. The van der Waals surface area contributed by atoms with Crippen LogP contribution in [0.4, 0.5) is 0 Å². The monoisotopic (exact) mass is 265 g/mol. The molecule has 0 heterocycles. The van der Waals surface area contributed by atoms with Crippen molar-refractivity contribution < 1.29 is 14.6 Å². The van der Waals surface area contributed by atoms with Gasteiger partial charge in [-0.1, -0.05) is 6.92 Å². The molecule has 0 spiro atoms. The second-order valence-corrected chi connectivity index (χ2v) is 5.57. The van der Waals surface area contributed by atoms with Crippen molar-refractivity contribution in [3.8, 4) is 11.5 Å². The molecule has 0 amide bonds. The van der Waals surface area contributed by atoms with Crippen LogP contribution in [0.2, 0.25) is 0 Å². The Morgan fingerprint density at radius 1 is 1.32 bits per heavy atom. The highest BCUT2D eigenvalue weighted by Crippen LogP contribution is 2.44. The Kier molecular flexibility index (Phi) is 4.32. The SMILES string of the molecule is COc1ccc(OC)c(C(O)CNCC2(C)CC2)c1. The summed E-state index contributed by atoms with van der Waals surface area (Å²) in [6.07, 6.45) is 1.96. The van der Waals surface area contributed by atoms with E-state index in [1.807, 2.05) is 18.2 Å². The Morgan fingerprint density at radius 2 is 2.05 bits per heavy atom. The molecule has 1 aliphatic carbocycles. The maximum Gasteiger partial charge on any atom is 0.124 e. The van der Waals surface area contributed by atoms with E-state index in [2.05, 4.69) is 12.2 Å². The average molecular weight is 265 g/mol. The van der Waals surface area contributed by atoms with Crippen LogP contribution in [0, 0.1) is 5.41 Å². The lowest BCUT2D eigenvalue weighted by Gasteiger charge is -2.17. The molecule has 1 aliphatic rings. The summed E-state index contributed by atoms with van der Waals surface area (Å²) in [5.74, 6) is 1.41. The van der Waals surface area contributed by atoms with E-state index in [9.17, 15) is 5.11 Å². The second-order valence-electron chi connectivity index (χ2n) is 5.57. The van der Waals surface area contributed by atoms with E-state index in [4.69, 9.17) is 9.47 Å². The van der Waals surface area contributed by atoms with Crippen molar-refractivity contribution >= 4 is 0 Å². The summed E-state index contributed by atoms with van der Waals surface area (Å²) in [5, 5.41) is 13.6. The number of aliphatic hydroxyl groups is 1. The Hall–Kier alpha value is -1.26. The zero-order chi connectivity index (χ0) is 13.9. The van der Waals surface area contributed by atoms with Gasteiger partial charge in [0.25, 0.3) is 0 Å². The van der Waals surface area contributed by atoms with Crippen LogP contribution in [0.25, 0.3) is 0 Å². The summed E-state index contributed by atoms with van der Waals surface area (Å²) in [6.45, 7) is 3.74. The number of rotatable bonds is 7. The van der Waals surface area contributed by atoms with Crippen molar-refractivity contribution in [3.05, 3.63) is 23.8 Å². The molecule has 19 heavy (non-hydrogen) atoms. The van der Waals surface area contributed by atoms with Crippen molar-refractivity contribution in [3.63, 3.8) is 0 Å². The number of benzene rings is 1. The van der Waals surface area contributed by atoms with E-state index in [0.29, 0.717) is 17.7 Å². The molecule has 1 aromatic rings. The van der Waals surface area contributed by atoms with Gasteiger partial charge in [0.05, 0.1) is 20.3 Å². The van der Waals surface area contributed by atoms with Gasteiger partial charge in [0.1, 0.15) is 11.5 Å². The lowest BCUT2D eigenvalue weighted by atomic mass is 10.1.